The lowest BCUT2D eigenvalue weighted by molar-refractivity contribution is 0.242. The molecule has 1 aromatic carbocycles. The minimum absolute atomic E-state index is 0.142. The molecule has 0 atom stereocenters. The first kappa shape index (κ1) is 9.20. The highest BCUT2D eigenvalue weighted by atomic mass is 35.5. The summed E-state index contributed by atoms with van der Waals surface area (Å²) in [6.07, 6.45) is 0.142. The molecule has 0 aliphatic carbocycles. The molecule has 0 aliphatic heterocycles. The average Bonchev–Trinajstić information content (AvgIpc) is 1.81. The van der Waals surface area contributed by atoms with Crippen LogP contribution in [0.2, 0.25) is 5.02 Å². The van der Waals surface area contributed by atoms with Crippen LogP contribution in [-0.2, 0) is 0 Å². The van der Waals surface area contributed by atoms with E-state index in [1.807, 2.05) is 13.8 Å². The zero-order valence-corrected chi connectivity index (χ0v) is 7.93. The minimum Gasteiger partial charge on any atom is -0.491 e. The van der Waals surface area contributed by atoms with E-state index < -0.39 is 0 Å². The summed E-state index contributed by atoms with van der Waals surface area (Å²) in [4.78, 5) is 0. The van der Waals surface area contributed by atoms with Crippen molar-refractivity contribution < 1.29 is 4.74 Å². The smallest absolute Gasteiger partial charge is 0.123 e. The SMILES string of the molecule is CC(C)Oc1cc(N)cc(Cl)c1. The lowest BCUT2D eigenvalue weighted by Crippen LogP contribution is -2.05. The second-order valence-electron chi connectivity index (χ2n) is 2.89. The number of halogens is 1. The topological polar surface area (TPSA) is 35.2 Å². The van der Waals surface area contributed by atoms with Crippen molar-refractivity contribution >= 4 is 17.3 Å². The molecule has 0 heterocycles. The van der Waals surface area contributed by atoms with Gasteiger partial charge in [-0.1, -0.05) is 11.6 Å². The predicted molar refractivity (Wildman–Crippen MR) is 51.6 cm³/mol. The number of nitrogen functional groups attached to an aromatic ring is 1. The summed E-state index contributed by atoms with van der Waals surface area (Å²) in [5.74, 6) is 0.718. The maximum absolute atomic E-state index is 5.77. The highest BCUT2D eigenvalue weighted by molar-refractivity contribution is 6.31. The van der Waals surface area contributed by atoms with Crippen molar-refractivity contribution in [3.8, 4) is 5.75 Å². The molecule has 66 valence electrons. The maximum Gasteiger partial charge on any atom is 0.123 e. The number of nitrogens with two attached hydrogens (primary N) is 1. The van der Waals surface area contributed by atoms with E-state index in [4.69, 9.17) is 22.1 Å². The van der Waals surface area contributed by atoms with Crippen LogP contribution >= 0.6 is 11.6 Å². The van der Waals surface area contributed by atoms with Crippen LogP contribution in [0.3, 0.4) is 0 Å². The zero-order valence-electron chi connectivity index (χ0n) is 7.17. The van der Waals surface area contributed by atoms with Crippen LogP contribution in [0.25, 0.3) is 0 Å². The van der Waals surface area contributed by atoms with Crippen LogP contribution < -0.4 is 10.5 Å². The Kier molecular flexibility index (Phi) is 2.82. The summed E-state index contributed by atoms with van der Waals surface area (Å²) in [6, 6.07) is 5.19. The first-order chi connectivity index (χ1) is 5.58. The van der Waals surface area contributed by atoms with E-state index >= 15 is 0 Å². The molecule has 1 rings (SSSR count). The van der Waals surface area contributed by atoms with Gasteiger partial charge in [0.2, 0.25) is 0 Å². The molecule has 0 saturated carbocycles. The second-order valence-corrected chi connectivity index (χ2v) is 3.32. The van der Waals surface area contributed by atoms with Gasteiger partial charge in [0, 0.05) is 16.8 Å². The number of anilines is 1. The Balaban J connectivity index is 2.85. The van der Waals surface area contributed by atoms with Crippen molar-refractivity contribution in [3.05, 3.63) is 23.2 Å². The minimum atomic E-state index is 0.142. The zero-order chi connectivity index (χ0) is 9.14. The van der Waals surface area contributed by atoms with Gasteiger partial charge in [0.25, 0.3) is 0 Å². The quantitative estimate of drug-likeness (QED) is 0.720. The molecule has 0 aliphatic rings. The van der Waals surface area contributed by atoms with Gasteiger partial charge in [0.1, 0.15) is 5.75 Å². The van der Waals surface area contributed by atoms with Crippen molar-refractivity contribution in [3.63, 3.8) is 0 Å². The summed E-state index contributed by atoms with van der Waals surface area (Å²) in [6.45, 7) is 3.91. The van der Waals surface area contributed by atoms with Crippen LogP contribution in [0.4, 0.5) is 5.69 Å². The normalized spacial score (nSPS) is 10.3. The summed E-state index contributed by atoms with van der Waals surface area (Å²) < 4.78 is 5.41. The molecule has 0 saturated heterocycles. The average molecular weight is 186 g/mol. The Morgan fingerprint density at radius 3 is 2.50 bits per heavy atom. The third kappa shape index (κ3) is 2.62. The van der Waals surface area contributed by atoms with Crippen LogP contribution in [0.5, 0.6) is 5.75 Å². The molecule has 0 fully saturated rings. The van der Waals surface area contributed by atoms with Gasteiger partial charge in [-0.05, 0) is 26.0 Å². The Labute approximate surface area is 77.3 Å². The van der Waals surface area contributed by atoms with Gasteiger partial charge in [-0.25, -0.2) is 0 Å². The lowest BCUT2D eigenvalue weighted by Gasteiger charge is -2.10. The van der Waals surface area contributed by atoms with Gasteiger partial charge in [-0.3, -0.25) is 0 Å². The van der Waals surface area contributed by atoms with Crippen molar-refractivity contribution in [1.29, 1.82) is 0 Å². The van der Waals surface area contributed by atoms with Crippen molar-refractivity contribution in [1.82, 2.24) is 0 Å². The van der Waals surface area contributed by atoms with E-state index in [9.17, 15) is 0 Å². The largest absolute Gasteiger partial charge is 0.491 e. The summed E-state index contributed by atoms with van der Waals surface area (Å²) in [7, 11) is 0. The van der Waals surface area contributed by atoms with Gasteiger partial charge >= 0.3 is 0 Å². The van der Waals surface area contributed by atoms with E-state index in [1.165, 1.54) is 0 Å². The fourth-order valence-electron chi connectivity index (χ4n) is 0.925. The van der Waals surface area contributed by atoms with Crippen LogP contribution in [0, 0.1) is 0 Å². The van der Waals surface area contributed by atoms with E-state index in [2.05, 4.69) is 0 Å². The molecule has 2 nitrogen and oxygen atoms in total. The number of hydrogen-bond acceptors (Lipinski definition) is 2. The Hall–Kier alpha value is -0.890. The van der Waals surface area contributed by atoms with Crippen LogP contribution in [0.1, 0.15) is 13.8 Å². The predicted octanol–water partition coefficient (Wildman–Crippen LogP) is 2.71. The van der Waals surface area contributed by atoms with Gasteiger partial charge in [-0.15, -0.1) is 0 Å². The second kappa shape index (κ2) is 3.68. The number of ether oxygens (including phenoxy) is 1. The van der Waals surface area contributed by atoms with E-state index in [1.54, 1.807) is 18.2 Å². The van der Waals surface area contributed by atoms with Crippen LogP contribution in [-0.4, -0.2) is 6.10 Å². The first-order valence-electron chi connectivity index (χ1n) is 3.80. The van der Waals surface area contributed by atoms with Crippen molar-refractivity contribution in [2.45, 2.75) is 20.0 Å². The van der Waals surface area contributed by atoms with Gasteiger partial charge in [0.15, 0.2) is 0 Å². The molecule has 0 spiro atoms. The Bertz CT molecular complexity index is 253. The molecule has 3 heteroatoms. The molecule has 0 bridgehead atoms. The highest BCUT2D eigenvalue weighted by Crippen LogP contribution is 2.22. The maximum atomic E-state index is 5.77. The van der Waals surface area contributed by atoms with E-state index in [0.29, 0.717) is 10.7 Å². The fraction of sp³-hybridized carbons (Fsp3) is 0.333. The molecular weight excluding hydrogens is 174 g/mol. The summed E-state index contributed by atoms with van der Waals surface area (Å²) in [5, 5.41) is 0.602. The number of rotatable bonds is 2. The van der Waals surface area contributed by atoms with Gasteiger partial charge < -0.3 is 10.5 Å². The highest BCUT2D eigenvalue weighted by Gasteiger charge is 1.99. The molecule has 0 unspecified atom stereocenters. The van der Waals surface area contributed by atoms with Gasteiger partial charge in [0.05, 0.1) is 6.10 Å². The fourth-order valence-corrected chi connectivity index (χ4v) is 1.16. The molecule has 0 aromatic heterocycles. The molecule has 0 radical (unpaired) electrons. The van der Waals surface area contributed by atoms with Crippen molar-refractivity contribution in [2.24, 2.45) is 0 Å². The van der Waals surface area contributed by atoms with Crippen LogP contribution in [0.15, 0.2) is 18.2 Å². The molecule has 2 N–H and O–H groups in total. The monoisotopic (exact) mass is 185 g/mol. The van der Waals surface area contributed by atoms with E-state index in [0.717, 1.165) is 5.75 Å². The number of hydrogen-bond donors (Lipinski definition) is 1. The lowest BCUT2D eigenvalue weighted by atomic mass is 10.3. The Morgan fingerprint density at radius 2 is 2.00 bits per heavy atom. The molecular formula is C9H12ClNO. The number of benzene rings is 1. The van der Waals surface area contributed by atoms with Gasteiger partial charge in [-0.2, -0.15) is 0 Å². The Morgan fingerprint density at radius 1 is 1.33 bits per heavy atom. The summed E-state index contributed by atoms with van der Waals surface area (Å²) in [5.41, 5.74) is 6.19. The third-order valence-corrected chi connectivity index (χ3v) is 1.48. The van der Waals surface area contributed by atoms with Crippen molar-refractivity contribution in [2.75, 3.05) is 5.73 Å². The summed E-state index contributed by atoms with van der Waals surface area (Å²) >= 11 is 5.77. The first-order valence-corrected chi connectivity index (χ1v) is 4.18. The molecule has 12 heavy (non-hydrogen) atoms. The standard InChI is InChI=1S/C9H12ClNO/c1-6(2)12-9-4-7(10)3-8(11)5-9/h3-6H,11H2,1-2H3. The molecule has 1 aromatic rings. The molecule has 0 amide bonds. The third-order valence-electron chi connectivity index (χ3n) is 1.27. The van der Waals surface area contributed by atoms with E-state index in [-0.39, 0.29) is 6.10 Å².